The first-order valence-corrected chi connectivity index (χ1v) is 20.4. The molecule has 1 aromatic carbocycles. The van der Waals surface area contributed by atoms with E-state index in [1.165, 1.54) is 0 Å². The zero-order chi connectivity index (χ0) is 34.5. The van der Waals surface area contributed by atoms with Gasteiger partial charge in [-0.05, 0) is 94.6 Å². The molecule has 4 heterocycles. The first-order valence-electron chi connectivity index (χ1n) is 16.7. The topological polar surface area (TPSA) is 124 Å². The van der Waals surface area contributed by atoms with Gasteiger partial charge in [0.2, 0.25) is 0 Å². The lowest BCUT2D eigenvalue weighted by Gasteiger charge is -2.33. The van der Waals surface area contributed by atoms with Crippen LogP contribution in [0.5, 0.6) is 0 Å². The minimum absolute atomic E-state index is 0.0156. The zero-order valence-electron chi connectivity index (χ0n) is 29.3. The van der Waals surface area contributed by atoms with E-state index in [1.54, 1.807) is 12.5 Å². The summed E-state index contributed by atoms with van der Waals surface area (Å²) >= 11 is 0. The van der Waals surface area contributed by atoms with Crippen LogP contribution in [0.2, 0.25) is 25.7 Å². The van der Waals surface area contributed by atoms with Crippen LogP contribution in [0.1, 0.15) is 55.4 Å². The molecule has 256 valence electrons. The van der Waals surface area contributed by atoms with Gasteiger partial charge in [-0.2, -0.15) is 0 Å². The van der Waals surface area contributed by atoms with E-state index in [0.29, 0.717) is 37.8 Å². The highest BCUT2D eigenvalue weighted by atomic mass is 28.3. The second-order valence-electron chi connectivity index (χ2n) is 14.8. The number of nitrogens with one attached hydrogen (secondary N) is 2. The molecule has 0 radical (unpaired) electrons. The molecule has 0 unspecified atom stereocenters. The van der Waals surface area contributed by atoms with Crippen molar-refractivity contribution in [2.75, 3.05) is 25.0 Å². The third kappa shape index (κ3) is 9.71. The highest BCUT2D eigenvalue weighted by molar-refractivity contribution is 6.76. The minimum atomic E-state index is -1.21. The van der Waals surface area contributed by atoms with Gasteiger partial charge in [0.15, 0.2) is 0 Å². The van der Waals surface area contributed by atoms with Crippen molar-refractivity contribution in [3.05, 3.63) is 71.9 Å². The molecular formula is C36H49N7O4Si. The summed E-state index contributed by atoms with van der Waals surface area (Å²) in [6.45, 7) is 18.0. The number of hydrogen-bond donors (Lipinski definition) is 2. The molecule has 1 fully saturated rings. The van der Waals surface area contributed by atoms with Gasteiger partial charge in [0, 0.05) is 51.1 Å². The average Bonchev–Trinajstić information content (AvgIpc) is 3.38. The molecule has 2 amide bonds. The molecule has 0 bridgehead atoms. The molecule has 4 aromatic rings. The van der Waals surface area contributed by atoms with Crippen molar-refractivity contribution < 1.29 is 19.1 Å². The SMILES string of the molecule is Cc1ncnc2c1cc(-c1ccc(NC(=O)c3cc(CN4CCC[C@@H](NC(=O)OC(C)(C)C)C4)ccn3)cc1)n2COCC[Si](C)(C)C. The molecule has 11 nitrogen and oxygen atoms in total. The molecule has 1 saturated heterocycles. The largest absolute Gasteiger partial charge is 0.444 e. The number of fused-ring (bicyclic) bond motifs is 1. The van der Waals surface area contributed by atoms with Crippen LogP contribution in [0.3, 0.4) is 0 Å². The minimum Gasteiger partial charge on any atom is -0.444 e. The summed E-state index contributed by atoms with van der Waals surface area (Å²) in [6, 6.07) is 14.8. The van der Waals surface area contributed by atoms with Crippen LogP contribution in [0.25, 0.3) is 22.3 Å². The second-order valence-corrected chi connectivity index (χ2v) is 20.4. The van der Waals surface area contributed by atoms with E-state index in [1.807, 2.05) is 64.1 Å². The quantitative estimate of drug-likeness (QED) is 0.131. The molecule has 48 heavy (non-hydrogen) atoms. The maximum Gasteiger partial charge on any atom is 0.407 e. The Morgan fingerprint density at radius 1 is 1.04 bits per heavy atom. The number of nitrogens with zero attached hydrogens (tertiary/aromatic N) is 5. The first kappa shape index (κ1) is 35.2. The molecule has 1 aliphatic heterocycles. The van der Waals surface area contributed by atoms with E-state index < -0.39 is 13.7 Å². The van der Waals surface area contributed by atoms with Gasteiger partial charge in [-0.15, -0.1) is 0 Å². The van der Waals surface area contributed by atoms with Crippen molar-refractivity contribution in [3.63, 3.8) is 0 Å². The van der Waals surface area contributed by atoms with Gasteiger partial charge in [0.1, 0.15) is 30.0 Å². The Bertz CT molecular complexity index is 1730. The lowest BCUT2D eigenvalue weighted by Crippen LogP contribution is -2.48. The van der Waals surface area contributed by atoms with E-state index >= 15 is 0 Å². The molecule has 12 heteroatoms. The highest BCUT2D eigenvalue weighted by Gasteiger charge is 2.25. The number of piperidine rings is 1. The number of aromatic nitrogens is 4. The maximum absolute atomic E-state index is 13.2. The summed E-state index contributed by atoms with van der Waals surface area (Å²) in [7, 11) is -1.21. The van der Waals surface area contributed by atoms with Crippen LogP contribution in [-0.4, -0.2) is 75.8 Å². The van der Waals surface area contributed by atoms with Crippen molar-refractivity contribution in [1.82, 2.24) is 29.7 Å². The number of likely N-dealkylation sites (tertiary alicyclic amines) is 1. The normalized spacial score (nSPS) is 15.8. The number of hydrogen-bond acceptors (Lipinski definition) is 8. The van der Waals surface area contributed by atoms with E-state index in [0.717, 1.165) is 59.0 Å². The maximum atomic E-state index is 13.2. The monoisotopic (exact) mass is 671 g/mol. The number of anilines is 1. The van der Waals surface area contributed by atoms with E-state index in [9.17, 15) is 9.59 Å². The lowest BCUT2D eigenvalue weighted by atomic mass is 10.0. The summed E-state index contributed by atoms with van der Waals surface area (Å²) in [5.41, 5.74) is 5.20. The van der Waals surface area contributed by atoms with Crippen molar-refractivity contribution in [2.24, 2.45) is 0 Å². The molecule has 3 aromatic heterocycles. The van der Waals surface area contributed by atoms with E-state index in [-0.39, 0.29) is 18.0 Å². The van der Waals surface area contributed by atoms with Gasteiger partial charge in [0.25, 0.3) is 5.91 Å². The summed E-state index contributed by atoms with van der Waals surface area (Å²) < 4.78 is 13.7. The average molecular weight is 672 g/mol. The number of pyridine rings is 1. The fourth-order valence-corrected chi connectivity index (χ4v) is 6.51. The van der Waals surface area contributed by atoms with Gasteiger partial charge in [-0.1, -0.05) is 31.8 Å². The number of alkyl carbamates (subject to hydrolysis) is 1. The number of ether oxygens (including phenoxy) is 2. The molecule has 1 atom stereocenters. The second kappa shape index (κ2) is 15.0. The van der Waals surface area contributed by atoms with E-state index in [4.69, 9.17) is 9.47 Å². The van der Waals surface area contributed by atoms with Gasteiger partial charge in [-0.3, -0.25) is 14.7 Å². The molecule has 1 aliphatic rings. The van der Waals surface area contributed by atoms with Crippen LogP contribution in [0.4, 0.5) is 10.5 Å². The molecule has 5 rings (SSSR count). The summed E-state index contributed by atoms with van der Waals surface area (Å²) in [4.78, 5) is 41.1. The Morgan fingerprint density at radius 2 is 1.81 bits per heavy atom. The smallest absolute Gasteiger partial charge is 0.407 e. The number of rotatable bonds is 11. The van der Waals surface area contributed by atoms with Crippen molar-refractivity contribution in [1.29, 1.82) is 0 Å². The molecule has 0 aliphatic carbocycles. The van der Waals surface area contributed by atoms with Crippen molar-refractivity contribution in [2.45, 2.75) is 91.1 Å². The molecule has 0 saturated carbocycles. The van der Waals surface area contributed by atoms with Gasteiger partial charge in [0.05, 0.1) is 11.4 Å². The van der Waals surface area contributed by atoms with Crippen molar-refractivity contribution >= 4 is 36.8 Å². The highest BCUT2D eigenvalue weighted by Crippen LogP contribution is 2.30. The molecule has 0 spiro atoms. The third-order valence-corrected chi connectivity index (χ3v) is 9.94. The fraction of sp³-hybridized carbons (Fsp3) is 0.472. The van der Waals surface area contributed by atoms with Gasteiger partial charge < -0.3 is 24.7 Å². The van der Waals surface area contributed by atoms with Crippen LogP contribution in [0.15, 0.2) is 55.0 Å². The zero-order valence-corrected chi connectivity index (χ0v) is 30.3. The Hall–Kier alpha value is -4.13. The van der Waals surface area contributed by atoms with Gasteiger partial charge in [-0.25, -0.2) is 14.8 Å². The van der Waals surface area contributed by atoms with Crippen LogP contribution < -0.4 is 10.6 Å². The Balaban J connectivity index is 1.22. The lowest BCUT2D eigenvalue weighted by molar-refractivity contribution is 0.0470. The number of amides is 2. The number of carbonyl (C=O) groups excluding carboxylic acids is 2. The summed E-state index contributed by atoms with van der Waals surface area (Å²) in [5, 5.41) is 6.98. The molecular weight excluding hydrogens is 623 g/mol. The van der Waals surface area contributed by atoms with Gasteiger partial charge >= 0.3 is 6.09 Å². The van der Waals surface area contributed by atoms with Crippen LogP contribution in [-0.2, 0) is 22.7 Å². The Morgan fingerprint density at radius 3 is 2.54 bits per heavy atom. The number of aryl methyl sites for hydroxylation is 1. The Kier molecular flexibility index (Phi) is 11.0. The van der Waals surface area contributed by atoms with Crippen LogP contribution >= 0.6 is 0 Å². The number of carbonyl (C=O) groups is 2. The van der Waals surface area contributed by atoms with Crippen molar-refractivity contribution in [3.8, 4) is 11.3 Å². The predicted molar refractivity (Wildman–Crippen MR) is 192 cm³/mol. The number of benzene rings is 1. The fourth-order valence-electron chi connectivity index (χ4n) is 5.75. The molecule has 2 N–H and O–H groups in total. The summed E-state index contributed by atoms with van der Waals surface area (Å²) in [5.74, 6) is -0.275. The predicted octanol–water partition coefficient (Wildman–Crippen LogP) is 6.86. The van der Waals surface area contributed by atoms with E-state index in [2.05, 4.69) is 60.8 Å². The summed E-state index contributed by atoms with van der Waals surface area (Å²) in [6.07, 6.45) is 4.74. The standard InChI is InChI=1S/C36H49N7O4Si/c1-25-30-20-32(43(33(30)39-23-38-25)24-46-17-18-48(5,6)7)27-10-12-28(13-11-27)40-34(44)31-19-26(14-15-37-31)21-42-16-8-9-29(22-42)41-35(45)47-36(2,3)4/h10-15,19-20,23,29H,8-9,16-18,21-22,24H2,1-7H3,(H,40,44)(H,41,45)/t29-/m1/s1. The first-order chi connectivity index (χ1) is 22.7. The Labute approximate surface area is 284 Å². The third-order valence-electron chi connectivity index (χ3n) is 8.23. The van der Waals surface area contributed by atoms with Crippen LogP contribution in [0, 0.1) is 6.92 Å².